The van der Waals surface area contributed by atoms with E-state index >= 15 is 0 Å². The van der Waals surface area contributed by atoms with E-state index in [0.29, 0.717) is 43.7 Å². The van der Waals surface area contributed by atoms with Crippen molar-refractivity contribution in [2.75, 3.05) is 18.4 Å². The summed E-state index contributed by atoms with van der Waals surface area (Å²) in [6.07, 6.45) is 2.24. The smallest absolute Gasteiger partial charge is 0.289 e. The summed E-state index contributed by atoms with van der Waals surface area (Å²) in [5.41, 5.74) is 1.67. The number of hydrogen-bond acceptors (Lipinski definition) is 8. The Balaban J connectivity index is 1.30. The third kappa shape index (κ3) is 4.54. The summed E-state index contributed by atoms with van der Waals surface area (Å²) >= 11 is 0. The standard InChI is InChI=1S/C23H25N5O6/c1-2-13-12-17(34-27-13)21(31)25-11-4-3-10-24-15-7-5-6-14-19(15)23(33)28(22(14)32)16-8-9-18(29)26-20(16)30/h5-7,12,16,24H,2-4,8-11H2,1H3,(H,25,31)(H,26,29,30). The van der Waals surface area contributed by atoms with Crippen molar-refractivity contribution >= 4 is 35.2 Å². The highest BCUT2D eigenvalue weighted by Crippen LogP contribution is 2.32. The van der Waals surface area contributed by atoms with E-state index in [1.165, 1.54) is 0 Å². The molecule has 0 aliphatic carbocycles. The SMILES string of the molecule is CCc1cc(C(=O)NCCCCNc2cccc3c2C(=O)N(C2CCC(=O)NC2=O)C3=O)on1. The number of rotatable bonds is 9. The maximum Gasteiger partial charge on any atom is 0.289 e. The van der Waals surface area contributed by atoms with Crippen LogP contribution in [-0.4, -0.2) is 58.7 Å². The molecule has 3 heterocycles. The van der Waals surface area contributed by atoms with E-state index in [4.69, 9.17) is 4.52 Å². The minimum atomic E-state index is -1.00. The number of piperidine rings is 1. The van der Waals surface area contributed by atoms with Crippen LogP contribution in [0.3, 0.4) is 0 Å². The van der Waals surface area contributed by atoms with E-state index < -0.39 is 29.7 Å². The third-order valence-electron chi connectivity index (χ3n) is 5.82. The maximum absolute atomic E-state index is 13.1. The molecule has 1 atom stereocenters. The van der Waals surface area contributed by atoms with E-state index in [9.17, 15) is 24.0 Å². The Morgan fingerprint density at radius 3 is 2.71 bits per heavy atom. The number of imide groups is 2. The number of unbranched alkanes of at least 4 members (excludes halogenated alkanes) is 1. The van der Waals surface area contributed by atoms with Crippen LogP contribution in [0.2, 0.25) is 0 Å². The van der Waals surface area contributed by atoms with Crippen molar-refractivity contribution in [2.45, 2.75) is 45.1 Å². The summed E-state index contributed by atoms with van der Waals surface area (Å²) in [5.74, 6) is -2.29. The number of nitrogens with zero attached hydrogens (tertiary/aromatic N) is 2. The normalized spacial score (nSPS) is 17.6. The molecule has 2 aromatic rings. The molecule has 11 nitrogen and oxygen atoms in total. The minimum Gasteiger partial charge on any atom is -0.384 e. The molecule has 4 rings (SSSR count). The Kier molecular flexibility index (Phi) is 6.71. The van der Waals surface area contributed by atoms with Crippen molar-refractivity contribution in [2.24, 2.45) is 0 Å². The number of carbonyl (C=O) groups is 5. The molecule has 3 N–H and O–H groups in total. The van der Waals surface area contributed by atoms with Gasteiger partial charge in [-0.1, -0.05) is 18.1 Å². The quantitative estimate of drug-likeness (QED) is 0.368. The Labute approximate surface area is 195 Å². The Bertz CT molecular complexity index is 1160. The van der Waals surface area contributed by atoms with Crippen LogP contribution in [0.5, 0.6) is 0 Å². The van der Waals surface area contributed by atoms with Crippen molar-refractivity contribution in [3.63, 3.8) is 0 Å². The molecule has 1 unspecified atom stereocenters. The summed E-state index contributed by atoms with van der Waals surface area (Å²) in [6, 6.07) is 5.54. The van der Waals surface area contributed by atoms with Crippen LogP contribution in [0, 0.1) is 0 Å². The Morgan fingerprint density at radius 1 is 1.18 bits per heavy atom. The first kappa shape index (κ1) is 23.1. The second-order valence-electron chi connectivity index (χ2n) is 8.10. The largest absolute Gasteiger partial charge is 0.384 e. The first-order chi connectivity index (χ1) is 16.4. The highest BCUT2D eigenvalue weighted by atomic mass is 16.5. The van der Waals surface area contributed by atoms with E-state index in [1.54, 1.807) is 24.3 Å². The highest BCUT2D eigenvalue weighted by Gasteiger charge is 2.45. The molecule has 2 aliphatic heterocycles. The van der Waals surface area contributed by atoms with Crippen LogP contribution in [0.1, 0.15) is 69.6 Å². The van der Waals surface area contributed by atoms with Gasteiger partial charge in [-0.25, -0.2) is 0 Å². The molecule has 5 amide bonds. The van der Waals surface area contributed by atoms with Gasteiger partial charge in [-0.15, -0.1) is 0 Å². The van der Waals surface area contributed by atoms with Crippen molar-refractivity contribution in [1.82, 2.24) is 20.7 Å². The van der Waals surface area contributed by atoms with Crippen LogP contribution in [0.4, 0.5) is 5.69 Å². The first-order valence-electron chi connectivity index (χ1n) is 11.2. The van der Waals surface area contributed by atoms with Gasteiger partial charge in [0.25, 0.3) is 17.7 Å². The lowest BCUT2D eigenvalue weighted by Gasteiger charge is -2.27. The fourth-order valence-electron chi connectivity index (χ4n) is 4.01. The summed E-state index contributed by atoms with van der Waals surface area (Å²) < 4.78 is 5.00. The van der Waals surface area contributed by atoms with Gasteiger partial charge < -0.3 is 15.2 Å². The predicted octanol–water partition coefficient (Wildman–Crippen LogP) is 1.26. The number of hydrogen-bond donors (Lipinski definition) is 3. The van der Waals surface area contributed by atoms with Gasteiger partial charge in [0.2, 0.25) is 17.6 Å². The molecule has 0 spiro atoms. The first-order valence-corrected chi connectivity index (χ1v) is 11.2. The average molecular weight is 467 g/mol. The second kappa shape index (κ2) is 9.86. The molecule has 1 aromatic carbocycles. The molecule has 1 aromatic heterocycles. The molecule has 1 fully saturated rings. The van der Waals surface area contributed by atoms with E-state index in [2.05, 4.69) is 21.1 Å². The molecular weight excluding hydrogens is 442 g/mol. The number of anilines is 1. The lowest BCUT2D eigenvalue weighted by molar-refractivity contribution is -0.136. The predicted molar refractivity (Wildman–Crippen MR) is 119 cm³/mol. The number of aryl methyl sites for hydroxylation is 1. The third-order valence-corrected chi connectivity index (χ3v) is 5.82. The van der Waals surface area contributed by atoms with Crippen molar-refractivity contribution < 1.29 is 28.5 Å². The van der Waals surface area contributed by atoms with Gasteiger partial charge in [-0.3, -0.25) is 34.2 Å². The molecule has 0 saturated carbocycles. The second-order valence-corrected chi connectivity index (χ2v) is 8.10. The number of nitrogens with one attached hydrogen (secondary N) is 3. The molecule has 178 valence electrons. The van der Waals surface area contributed by atoms with E-state index in [0.717, 1.165) is 4.90 Å². The van der Waals surface area contributed by atoms with Crippen molar-refractivity contribution in [3.8, 4) is 0 Å². The Morgan fingerprint density at radius 2 is 1.97 bits per heavy atom. The lowest BCUT2D eigenvalue weighted by Crippen LogP contribution is -2.54. The fraction of sp³-hybridized carbons (Fsp3) is 0.391. The topological polar surface area (TPSA) is 151 Å². The lowest BCUT2D eigenvalue weighted by atomic mass is 10.0. The average Bonchev–Trinajstić information content (AvgIpc) is 3.40. The van der Waals surface area contributed by atoms with Crippen molar-refractivity contribution in [1.29, 1.82) is 0 Å². The van der Waals surface area contributed by atoms with Crippen LogP contribution >= 0.6 is 0 Å². The van der Waals surface area contributed by atoms with Crippen molar-refractivity contribution in [3.05, 3.63) is 46.8 Å². The van der Waals surface area contributed by atoms with E-state index in [1.807, 2.05) is 6.92 Å². The molecular formula is C23H25N5O6. The summed E-state index contributed by atoms with van der Waals surface area (Å²) in [6.45, 7) is 2.87. The number of carbonyl (C=O) groups excluding carboxylic acids is 5. The van der Waals surface area contributed by atoms with E-state index in [-0.39, 0.29) is 35.6 Å². The highest BCUT2D eigenvalue weighted by molar-refractivity contribution is 6.25. The number of amides is 5. The van der Waals surface area contributed by atoms with Gasteiger partial charge in [-0.2, -0.15) is 0 Å². The van der Waals surface area contributed by atoms with Gasteiger partial charge in [0.1, 0.15) is 6.04 Å². The van der Waals surface area contributed by atoms with Crippen LogP contribution in [0.15, 0.2) is 28.8 Å². The summed E-state index contributed by atoms with van der Waals surface area (Å²) in [5, 5.41) is 11.9. The van der Waals surface area contributed by atoms with Gasteiger partial charge in [0.15, 0.2) is 0 Å². The monoisotopic (exact) mass is 467 g/mol. The molecule has 2 aliphatic rings. The molecule has 1 saturated heterocycles. The number of aromatic nitrogens is 1. The van der Waals surface area contributed by atoms with Gasteiger partial charge >= 0.3 is 0 Å². The zero-order valence-corrected chi connectivity index (χ0v) is 18.7. The Hall–Kier alpha value is -4.02. The number of fused-ring (bicyclic) bond motifs is 1. The zero-order valence-electron chi connectivity index (χ0n) is 18.7. The van der Waals surface area contributed by atoms with Crippen LogP contribution in [0.25, 0.3) is 0 Å². The zero-order chi connectivity index (χ0) is 24.2. The summed E-state index contributed by atoms with van der Waals surface area (Å²) in [7, 11) is 0. The van der Waals surface area contributed by atoms with Gasteiger partial charge in [-0.05, 0) is 37.8 Å². The molecule has 0 radical (unpaired) electrons. The maximum atomic E-state index is 13.1. The molecule has 0 bridgehead atoms. The summed E-state index contributed by atoms with van der Waals surface area (Å²) in [4.78, 5) is 62.6. The van der Waals surface area contributed by atoms with Gasteiger partial charge in [0.05, 0.1) is 16.8 Å². The van der Waals surface area contributed by atoms with Crippen LogP contribution in [-0.2, 0) is 16.0 Å². The number of benzene rings is 1. The molecule has 34 heavy (non-hydrogen) atoms. The van der Waals surface area contributed by atoms with Gasteiger partial charge in [0, 0.05) is 31.3 Å². The van der Waals surface area contributed by atoms with Crippen LogP contribution < -0.4 is 16.0 Å². The fourth-order valence-corrected chi connectivity index (χ4v) is 4.01. The molecule has 11 heteroatoms. The minimum absolute atomic E-state index is 0.0711.